The molecule has 6 nitrogen and oxygen atoms in total. The third-order valence-corrected chi connectivity index (χ3v) is 7.95. The van der Waals surface area contributed by atoms with Crippen LogP contribution in [-0.4, -0.2) is 37.7 Å². The normalized spacial score (nSPS) is 15.6. The molecule has 240 valence electrons. The monoisotopic (exact) mass is 588 g/mol. The van der Waals surface area contributed by atoms with Crippen LogP contribution < -0.4 is 0 Å². The maximum absolute atomic E-state index is 13.3. The predicted octanol–water partition coefficient (Wildman–Crippen LogP) is 9.54. The van der Waals surface area contributed by atoms with E-state index in [9.17, 15) is 14.4 Å². The average Bonchev–Trinajstić information content (AvgIpc) is 2.93. The van der Waals surface area contributed by atoms with Crippen LogP contribution in [-0.2, 0) is 14.2 Å². The summed E-state index contributed by atoms with van der Waals surface area (Å²) in [5, 5.41) is 0. The number of carbonyl (C=O) groups is 3. The molecule has 0 spiro atoms. The average molecular weight is 589 g/mol. The molecule has 1 aromatic rings. The summed E-state index contributed by atoms with van der Waals surface area (Å²) in [5.41, 5.74) is 0.373. The highest BCUT2D eigenvalue weighted by Gasteiger charge is 2.24. The van der Waals surface area contributed by atoms with Crippen molar-refractivity contribution in [2.45, 2.75) is 120 Å². The summed E-state index contributed by atoms with van der Waals surface area (Å²) in [6.07, 6.45) is 9.69. The molecule has 0 aliphatic rings. The maximum atomic E-state index is 13.3. The second-order valence-electron chi connectivity index (χ2n) is 13.3. The summed E-state index contributed by atoms with van der Waals surface area (Å²) in [7, 11) is 0. The molecule has 1 aromatic carbocycles. The summed E-state index contributed by atoms with van der Waals surface area (Å²) in [6, 6.07) is 4.43. The zero-order valence-corrected chi connectivity index (χ0v) is 28.1. The van der Waals surface area contributed by atoms with Crippen molar-refractivity contribution in [2.24, 2.45) is 35.5 Å². The highest BCUT2D eigenvalue weighted by Crippen LogP contribution is 2.22. The molecule has 0 amide bonds. The van der Waals surface area contributed by atoms with Gasteiger partial charge in [0.15, 0.2) is 0 Å². The van der Waals surface area contributed by atoms with E-state index >= 15 is 0 Å². The Morgan fingerprint density at radius 1 is 0.524 bits per heavy atom. The molecule has 0 aliphatic carbocycles. The molecule has 0 N–H and O–H groups in total. The van der Waals surface area contributed by atoms with Crippen LogP contribution in [0.2, 0.25) is 0 Å². The van der Waals surface area contributed by atoms with Gasteiger partial charge in [-0.1, -0.05) is 101 Å². The standard InChI is InChI=1S/C36H60O6/c1-10-13-25(4)18-28(7)22-40-34(37)31-16-17-32(35(38)41-23-29(8)19-26(5)14-11-2)33(21-31)36(39)42-24-30(9)20-27(6)15-12-3/h16-17,21,25-30H,10-15,18-20,22-24H2,1-9H3. The van der Waals surface area contributed by atoms with E-state index in [1.165, 1.54) is 18.2 Å². The predicted molar refractivity (Wildman–Crippen MR) is 171 cm³/mol. The lowest BCUT2D eigenvalue weighted by molar-refractivity contribution is 0.0385. The Hall–Kier alpha value is -2.37. The molecule has 6 heteroatoms. The Bertz CT molecular complexity index is 941. The Morgan fingerprint density at radius 3 is 1.26 bits per heavy atom. The van der Waals surface area contributed by atoms with Gasteiger partial charge in [-0.25, -0.2) is 14.4 Å². The topological polar surface area (TPSA) is 78.9 Å². The van der Waals surface area contributed by atoms with Gasteiger partial charge >= 0.3 is 17.9 Å². The highest BCUT2D eigenvalue weighted by atomic mass is 16.5. The van der Waals surface area contributed by atoms with Gasteiger partial charge in [-0.05, 0) is 73.0 Å². The Balaban J connectivity index is 3.03. The fourth-order valence-corrected chi connectivity index (χ4v) is 6.01. The maximum Gasteiger partial charge on any atom is 0.339 e. The van der Waals surface area contributed by atoms with Crippen molar-refractivity contribution in [1.82, 2.24) is 0 Å². The van der Waals surface area contributed by atoms with Gasteiger partial charge < -0.3 is 14.2 Å². The SMILES string of the molecule is CCCC(C)CC(C)COC(=O)c1ccc(C(=O)OCC(C)CC(C)CCC)c(C(=O)OCC(C)CC(C)CCC)c1. The summed E-state index contributed by atoms with van der Waals surface area (Å²) in [4.78, 5) is 39.4. The lowest BCUT2D eigenvalue weighted by Gasteiger charge is -2.19. The molecule has 0 aromatic heterocycles. The highest BCUT2D eigenvalue weighted by molar-refractivity contribution is 6.05. The number of hydrogen-bond donors (Lipinski definition) is 0. The van der Waals surface area contributed by atoms with Crippen LogP contribution in [0.3, 0.4) is 0 Å². The number of ether oxygens (including phenoxy) is 3. The van der Waals surface area contributed by atoms with Crippen molar-refractivity contribution in [1.29, 1.82) is 0 Å². The molecule has 0 fully saturated rings. The van der Waals surface area contributed by atoms with Gasteiger partial charge in [-0.15, -0.1) is 0 Å². The van der Waals surface area contributed by atoms with Crippen LogP contribution in [0.25, 0.3) is 0 Å². The molecule has 0 radical (unpaired) electrons. The summed E-state index contributed by atoms with van der Waals surface area (Å²) < 4.78 is 16.9. The lowest BCUT2D eigenvalue weighted by Crippen LogP contribution is -2.20. The largest absolute Gasteiger partial charge is 0.462 e. The molecule has 1 rings (SSSR count). The van der Waals surface area contributed by atoms with E-state index in [0.717, 1.165) is 57.8 Å². The van der Waals surface area contributed by atoms with Gasteiger partial charge in [0.05, 0.1) is 36.5 Å². The lowest BCUT2D eigenvalue weighted by atomic mass is 9.94. The zero-order valence-electron chi connectivity index (χ0n) is 28.1. The number of carbonyl (C=O) groups excluding carboxylic acids is 3. The Morgan fingerprint density at radius 2 is 0.881 bits per heavy atom. The van der Waals surface area contributed by atoms with E-state index < -0.39 is 17.9 Å². The summed E-state index contributed by atoms with van der Waals surface area (Å²) >= 11 is 0. The van der Waals surface area contributed by atoms with Crippen LogP contribution in [0.1, 0.15) is 151 Å². The third kappa shape index (κ3) is 14.7. The van der Waals surface area contributed by atoms with Gasteiger partial charge in [0.2, 0.25) is 0 Å². The number of benzene rings is 1. The van der Waals surface area contributed by atoms with E-state index in [4.69, 9.17) is 14.2 Å². The summed E-state index contributed by atoms with van der Waals surface area (Å²) in [5.74, 6) is 0.556. The minimum Gasteiger partial charge on any atom is -0.462 e. The smallest absolute Gasteiger partial charge is 0.339 e. The first kappa shape index (κ1) is 37.7. The molecular weight excluding hydrogens is 528 g/mol. The van der Waals surface area contributed by atoms with Crippen molar-refractivity contribution < 1.29 is 28.6 Å². The van der Waals surface area contributed by atoms with Crippen molar-refractivity contribution >= 4 is 17.9 Å². The second-order valence-corrected chi connectivity index (χ2v) is 13.3. The number of rotatable bonds is 21. The molecule has 6 unspecified atom stereocenters. The Kier molecular flexibility index (Phi) is 18.4. The molecule has 42 heavy (non-hydrogen) atoms. The zero-order chi connectivity index (χ0) is 31.7. The van der Waals surface area contributed by atoms with Crippen molar-refractivity contribution in [3.8, 4) is 0 Å². The first-order valence-corrected chi connectivity index (χ1v) is 16.6. The van der Waals surface area contributed by atoms with Gasteiger partial charge in [-0.2, -0.15) is 0 Å². The fourth-order valence-electron chi connectivity index (χ4n) is 6.01. The summed E-state index contributed by atoms with van der Waals surface area (Å²) in [6.45, 7) is 20.2. The molecule has 0 bridgehead atoms. The molecule has 0 aliphatic heterocycles. The number of hydrogen-bond acceptors (Lipinski definition) is 6. The van der Waals surface area contributed by atoms with Gasteiger partial charge in [-0.3, -0.25) is 0 Å². The van der Waals surface area contributed by atoms with E-state index in [1.807, 2.05) is 0 Å². The Labute approximate surface area is 256 Å². The molecule has 0 heterocycles. The van der Waals surface area contributed by atoms with E-state index in [1.54, 1.807) is 0 Å². The minimum absolute atomic E-state index is 0.0416. The van der Waals surface area contributed by atoms with Gasteiger partial charge in [0.1, 0.15) is 0 Å². The van der Waals surface area contributed by atoms with E-state index in [2.05, 4.69) is 62.3 Å². The molecule has 6 atom stereocenters. The van der Waals surface area contributed by atoms with Crippen molar-refractivity contribution in [3.05, 3.63) is 34.9 Å². The van der Waals surface area contributed by atoms with Gasteiger partial charge in [0.25, 0.3) is 0 Å². The van der Waals surface area contributed by atoms with Crippen LogP contribution in [0.4, 0.5) is 0 Å². The van der Waals surface area contributed by atoms with Crippen molar-refractivity contribution in [2.75, 3.05) is 19.8 Å². The van der Waals surface area contributed by atoms with Crippen molar-refractivity contribution in [3.63, 3.8) is 0 Å². The number of esters is 3. The first-order valence-electron chi connectivity index (χ1n) is 16.6. The van der Waals surface area contributed by atoms with E-state index in [-0.39, 0.29) is 47.7 Å². The third-order valence-electron chi connectivity index (χ3n) is 7.95. The van der Waals surface area contributed by atoms with Crippen LogP contribution in [0.5, 0.6) is 0 Å². The van der Waals surface area contributed by atoms with Crippen LogP contribution in [0, 0.1) is 35.5 Å². The molecule has 0 saturated carbocycles. The quantitative estimate of drug-likeness (QED) is 0.105. The van der Waals surface area contributed by atoms with Gasteiger partial charge in [0, 0.05) is 0 Å². The molecule has 0 saturated heterocycles. The minimum atomic E-state index is -0.627. The fraction of sp³-hybridized carbons (Fsp3) is 0.750. The first-order chi connectivity index (χ1) is 19.9. The van der Waals surface area contributed by atoms with Crippen LogP contribution >= 0.6 is 0 Å². The van der Waals surface area contributed by atoms with Crippen LogP contribution in [0.15, 0.2) is 18.2 Å². The second kappa shape index (κ2) is 20.5. The van der Waals surface area contributed by atoms with E-state index in [0.29, 0.717) is 24.4 Å². The molecular formula is C36H60O6.